The third-order valence-electron chi connectivity index (χ3n) is 2.32. The van der Waals surface area contributed by atoms with Gasteiger partial charge in [0, 0.05) is 0 Å². The number of hydrogen-bond acceptors (Lipinski definition) is 5. The van der Waals surface area contributed by atoms with Crippen LogP contribution in [0.5, 0.6) is 11.6 Å². The predicted octanol–water partition coefficient (Wildman–Crippen LogP) is 1.49. The summed E-state index contributed by atoms with van der Waals surface area (Å²) >= 11 is 0. The first-order chi connectivity index (χ1) is 9.29. The van der Waals surface area contributed by atoms with Crippen molar-refractivity contribution < 1.29 is 18.8 Å². The van der Waals surface area contributed by atoms with Crippen molar-refractivity contribution in [2.45, 2.75) is 0 Å². The molecule has 0 unspecified atom stereocenters. The molecule has 1 aromatic carbocycles. The largest absolute Gasteiger partial charge is 0.492 e. The maximum absolute atomic E-state index is 11.6. The second-order valence-corrected chi connectivity index (χ2v) is 3.65. The molecule has 0 bridgehead atoms. The molecule has 0 fully saturated rings. The van der Waals surface area contributed by atoms with Crippen LogP contribution in [0, 0.1) is 0 Å². The summed E-state index contributed by atoms with van der Waals surface area (Å²) in [6.45, 7) is 0.748. The van der Waals surface area contributed by atoms with E-state index in [0.29, 0.717) is 13.2 Å². The van der Waals surface area contributed by atoms with Crippen molar-refractivity contribution in [1.29, 1.82) is 0 Å². The molecule has 100 valence electrons. The van der Waals surface area contributed by atoms with E-state index in [9.17, 15) is 4.79 Å². The van der Waals surface area contributed by atoms with Gasteiger partial charge in [-0.05, 0) is 17.3 Å². The van der Waals surface area contributed by atoms with Crippen molar-refractivity contribution in [3.8, 4) is 11.6 Å². The highest BCUT2D eigenvalue weighted by Gasteiger charge is 2.12. The van der Waals surface area contributed by atoms with E-state index in [4.69, 9.17) is 14.0 Å². The molecule has 19 heavy (non-hydrogen) atoms. The lowest BCUT2D eigenvalue weighted by Crippen LogP contribution is -2.27. The number of methoxy groups -OCH3 is 1. The van der Waals surface area contributed by atoms with Crippen molar-refractivity contribution in [2.24, 2.45) is 0 Å². The lowest BCUT2D eigenvalue weighted by Gasteiger charge is -2.06. The lowest BCUT2D eigenvalue weighted by molar-refractivity contribution is 0.0910. The van der Waals surface area contributed by atoms with Gasteiger partial charge in [-0.1, -0.05) is 18.2 Å². The number of hydrogen-bond donors (Lipinski definition) is 1. The second kappa shape index (κ2) is 6.44. The van der Waals surface area contributed by atoms with Gasteiger partial charge in [0.1, 0.15) is 12.4 Å². The van der Waals surface area contributed by atoms with Crippen LogP contribution in [0.3, 0.4) is 0 Å². The zero-order valence-corrected chi connectivity index (χ0v) is 10.5. The fourth-order valence-corrected chi connectivity index (χ4v) is 1.40. The van der Waals surface area contributed by atoms with Crippen molar-refractivity contribution in [3.05, 3.63) is 42.2 Å². The number of aromatic nitrogens is 1. The summed E-state index contributed by atoms with van der Waals surface area (Å²) in [7, 11) is 1.45. The molecule has 0 saturated carbocycles. The summed E-state index contributed by atoms with van der Waals surface area (Å²) in [6.07, 6.45) is 0. The van der Waals surface area contributed by atoms with Gasteiger partial charge in [0.25, 0.3) is 11.8 Å². The molecule has 1 amide bonds. The summed E-state index contributed by atoms with van der Waals surface area (Å²) in [5.41, 5.74) is 0. The molecule has 0 atom stereocenters. The topological polar surface area (TPSA) is 73.6 Å². The standard InChI is InChI=1S/C13H14N2O4/c1-17-12-9-11(19-15-12)13(16)14-7-8-18-10-5-3-2-4-6-10/h2-6,9H,7-8H2,1H3,(H,14,16). The minimum Gasteiger partial charge on any atom is -0.492 e. The molecular formula is C13H14N2O4. The Hall–Kier alpha value is -2.50. The van der Waals surface area contributed by atoms with Crippen molar-refractivity contribution in [2.75, 3.05) is 20.3 Å². The SMILES string of the molecule is COc1cc(C(=O)NCCOc2ccccc2)on1. The predicted molar refractivity (Wildman–Crippen MR) is 67.3 cm³/mol. The number of carbonyl (C=O) groups is 1. The Morgan fingerprint density at radius 3 is 2.84 bits per heavy atom. The Kier molecular flexibility index (Phi) is 4.39. The molecule has 6 heteroatoms. The van der Waals surface area contributed by atoms with Crippen LogP contribution < -0.4 is 14.8 Å². The fourth-order valence-electron chi connectivity index (χ4n) is 1.40. The van der Waals surface area contributed by atoms with Crippen LogP contribution in [0.2, 0.25) is 0 Å². The Bertz CT molecular complexity index is 524. The van der Waals surface area contributed by atoms with Crippen molar-refractivity contribution in [1.82, 2.24) is 10.5 Å². The molecule has 2 aromatic rings. The quantitative estimate of drug-likeness (QED) is 0.798. The molecule has 0 aliphatic rings. The summed E-state index contributed by atoms with van der Waals surface area (Å²) in [6, 6.07) is 10.8. The molecule has 0 aliphatic carbocycles. The van der Waals surface area contributed by atoms with Gasteiger partial charge < -0.3 is 19.3 Å². The number of nitrogens with zero attached hydrogens (tertiary/aromatic N) is 1. The number of nitrogens with one attached hydrogen (secondary N) is 1. The van der Waals surface area contributed by atoms with E-state index in [2.05, 4.69) is 10.5 Å². The molecule has 0 saturated heterocycles. The smallest absolute Gasteiger partial charge is 0.290 e. The van der Waals surface area contributed by atoms with Gasteiger partial charge >= 0.3 is 0 Å². The minimum atomic E-state index is -0.354. The van der Waals surface area contributed by atoms with Gasteiger partial charge in [0.2, 0.25) is 5.76 Å². The maximum atomic E-state index is 11.6. The number of amides is 1. The van der Waals surface area contributed by atoms with Gasteiger partial charge in [0.15, 0.2) is 0 Å². The Labute approximate surface area is 110 Å². The molecule has 6 nitrogen and oxygen atoms in total. The summed E-state index contributed by atoms with van der Waals surface area (Å²) in [4.78, 5) is 11.6. The highest BCUT2D eigenvalue weighted by molar-refractivity contribution is 5.91. The molecule has 0 aliphatic heterocycles. The first kappa shape index (κ1) is 12.9. The first-order valence-corrected chi connectivity index (χ1v) is 5.76. The van der Waals surface area contributed by atoms with Crippen LogP contribution in [0.25, 0.3) is 0 Å². The lowest BCUT2D eigenvalue weighted by atomic mass is 10.3. The molecule has 1 heterocycles. The average molecular weight is 262 g/mol. The first-order valence-electron chi connectivity index (χ1n) is 5.76. The van der Waals surface area contributed by atoms with E-state index in [1.807, 2.05) is 30.3 Å². The van der Waals surface area contributed by atoms with Crippen LogP contribution in [-0.4, -0.2) is 31.3 Å². The average Bonchev–Trinajstić information content (AvgIpc) is 2.93. The minimum absolute atomic E-state index is 0.108. The number of ether oxygens (including phenoxy) is 2. The number of carbonyl (C=O) groups excluding carboxylic acids is 1. The third kappa shape index (κ3) is 3.74. The monoisotopic (exact) mass is 262 g/mol. The van der Waals surface area contributed by atoms with E-state index < -0.39 is 0 Å². The second-order valence-electron chi connectivity index (χ2n) is 3.65. The summed E-state index contributed by atoms with van der Waals surface area (Å²) in [5.74, 6) is 0.785. The third-order valence-corrected chi connectivity index (χ3v) is 2.32. The van der Waals surface area contributed by atoms with Crippen LogP contribution in [0.1, 0.15) is 10.6 Å². The zero-order valence-electron chi connectivity index (χ0n) is 10.5. The number of para-hydroxylation sites is 1. The maximum Gasteiger partial charge on any atom is 0.290 e. The summed E-state index contributed by atoms with van der Waals surface area (Å²) < 4.78 is 15.1. The van der Waals surface area contributed by atoms with Gasteiger partial charge in [-0.25, -0.2) is 0 Å². The highest BCUT2D eigenvalue weighted by atomic mass is 16.5. The van der Waals surface area contributed by atoms with Gasteiger partial charge in [0.05, 0.1) is 19.7 Å². The van der Waals surface area contributed by atoms with Crippen LogP contribution in [0.4, 0.5) is 0 Å². The number of benzene rings is 1. The molecule has 0 radical (unpaired) electrons. The Balaban J connectivity index is 1.72. The van der Waals surface area contributed by atoms with E-state index in [1.165, 1.54) is 13.2 Å². The normalized spacial score (nSPS) is 9.95. The van der Waals surface area contributed by atoms with E-state index in [1.54, 1.807) is 0 Å². The molecule has 1 aromatic heterocycles. The van der Waals surface area contributed by atoms with Gasteiger partial charge in [-0.15, -0.1) is 0 Å². The van der Waals surface area contributed by atoms with Crippen LogP contribution >= 0.6 is 0 Å². The van der Waals surface area contributed by atoms with Gasteiger partial charge in [-0.2, -0.15) is 0 Å². The number of rotatable bonds is 6. The zero-order chi connectivity index (χ0) is 13.5. The van der Waals surface area contributed by atoms with Crippen molar-refractivity contribution in [3.63, 3.8) is 0 Å². The van der Waals surface area contributed by atoms with Crippen LogP contribution in [0.15, 0.2) is 40.9 Å². The van der Waals surface area contributed by atoms with E-state index in [-0.39, 0.29) is 17.5 Å². The molecule has 0 spiro atoms. The Morgan fingerprint density at radius 2 is 2.16 bits per heavy atom. The summed E-state index contributed by atoms with van der Waals surface area (Å²) in [5, 5.41) is 6.20. The van der Waals surface area contributed by atoms with E-state index >= 15 is 0 Å². The van der Waals surface area contributed by atoms with Crippen LogP contribution in [-0.2, 0) is 0 Å². The van der Waals surface area contributed by atoms with Crippen molar-refractivity contribution >= 4 is 5.91 Å². The fraction of sp³-hybridized carbons (Fsp3) is 0.231. The molecular weight excluding hydrogens is 248 g/mol. The highest BCUT2D eigenvalue weighted by Crippen LogP contribution is 2.10. The Morgan fingerprint density at radius 1 is 1.37 bits per heavy atom. The van der Waals surface area contributed by atoms with Gasteiger partial charge in [-0.3, -0.25) is 4.79 Å². The van der Waals surface area contributed by atoms with E-state index in [0.717, 1.165) is 5.75 Å². The molecule has 1 N–H and O–H groups in total. The molecule has 2 rings (SSSR count).